The van der Waals surface area contributed by atoms with Crippen molar-refractivity contribution in [2.24, 2.45) is 0 Å². The zero-order valence-electron chi connectivity index (χ0n) is 13.2. The largest absolute Gasteiger partial charge is 0.475 e. The zero-order valence-corrected chi connectivity index (χ0v) is 13.2. The number of hydrogen-bond donors (Lipinski definition) is 1. The molecular formula is C20H18O4. The van der Waals surface area contributed by atoms with E-state index < -0.39 is 24.0 Å². The van der Waals surface area contributed by atoms with Gasteiger partial charge in [-0.05, 0) is 36.0 Å². The van der Waals surface area contributed by atoms with Crippen LogP contribution in [0.1, 0.15) is 52.2 Å². The molecule has 0 heterocycles. The second-order valence-electron chi connectivity index (χ2n) is 6.06. The Morgan fingerprint density at radius 1 is 1.00 bits per heavy atom. The Kier molecular flexibility index (Phi) is 4.56. The second-order valence-corrected chi connectivity index (χ2v) is 6.06. The Morgan fingerprint density at radius 3 is 2.46 bits per heavy atom. The molecule has 0 fully saturated rings. The molecule has 0 aromatic heterocycles. The zero-order chi connectivity index (χ0) is 17.1. The Balaban J connectivity index is 1.96. The van der Waals surface area contributed by atoms with Crippen LogP contribution in [0.5, 0.6) is 0 Å². The lowest BCUT2D eigenvalue weighted by Gasteiger charge is -2.27. The van der Waals surface area contributed by atoms with Crippen LogP contribution in [0.4, 0.5) is 0 Å². The third-order valence-electron chi connectivity index (χ3n) is 4.57. The number of ketones is 2. The van der Waals surface area contributed by atoms with Crippen LogP contribution in [0.25, 0.3) is 0 Å². The fourth-order valence-corrected chi connectivity index (χ4v) is 3.46. The molecule has 1 aliphatic carbocycles. The van der Waals surface area contributed by atoms with Crippen LogP contribution in [0.15, 0.2) is 48.5 Å². The van der Waals surface area contributed by atoms with Crippen molar-refractivity contribution in [2.75, 3.05) is 0 Å². The highest BCUT2D eigenvalue weighted by molar-refractivity contribution is 6.37. The fourth-order valence-electron chi connectivity index (χ4n) is 3.46. The van der Waals surface area contributed by atoms with Gasteiger partial charge in [-0.1, -0.05) is 48.5 Å². The number of fused-ring (bicyclic) bond motifs is 1. The van der Waals surface area contributed by atoms with Gasteiger partial charge in [0, 0.05) is 11.5 Å². The van der Waals surface area contributed by atoms with Gasteiger partial charge in [0.1, 0.15) is 0 Å². The van der Waals surface area contributed by atoms with Crippen LogP contribution in [-0.2, 0) is 16.0 Å². The summed E-state index contributed by atoms with van der Waals surface area (Å²) in [6.45, 7) is 0. The molecule has 2 aromatic carbocycles. The summed E-state index contributed by atoms with van der Waals surface area (Å²) in [5, 5.41) is 8.71. The smallest absolute Gasteiger partial charge is 0.372 e. The Bertz CT molecular complexity index is 793. The molecule has 0 radical (unpaired) electrons. The first kappa shape index (κ1) is 16.1. The standard InChI is InChI=1S/C20H18O4/c21-18(12-19(22)20(23)24)17-11-5-9-15-14(8-4-10-16(15)17)13-6-2-1-3-7-13/h1-3,5-7,9,11,14H,4,8,10,12H2,(H,23,24). The highest BCUT2D eigenvalue weighted by Gasteiger charge is 2.26. The van der Waals surface area contributed by atoms with Crippen LogP contribution in [0.2, 0.25) is 0 Å². The lowest BCUT2D eigenvalue weighted by Crippen LogP contribution is -2.20. The van der Waals surface area contributed by atoms with Gasteiger partial charge >= 0.3 is 5.97 Å². The van der Waals surface area contributed by atoms with E-state index in [2.05, 4.69) is 12.1 Å². The van der Waals surface area contributed by atoms with E-state index in [-0.39, 0.29) is 5.92 Å². The number of carbonyl (C=O) groups is 3. The van der Waals surface area contributed by atoms with Crippen molar-refractivity contribution >= 4 is 17.5 Å². The molecule has 0 aliphatic heterocycles. The van der Waals surface area contributed by atoms with Crippen molar-refractivity contribution in [3.8, 4) is 0 Å². The SMILES string of the molecule is O=C(O)C(=O)CC(=O)c1cccc2c1CCCC2c1ccccc1. The third kappa shape index (κ3) is 3.13. The van der Waals surface area contributed by atoms with Gasteiger partial charge in [0.25, 0.3) is 0 Å². The molecule has 0 spiro atoms. The van der Waals surface area contributed by atoms with E-state index in [4.69, 9.17) is 5.11 Å². The van der Waals surface area contributed by atoms with Gasteiger partial charge in [-0.15, -0.1) is 0 Å². The monoisotopic (exact) mass is 322 g/mol. The van der Waals surface area contributed by atoms with Crippen LogP contribution < -0.4 is 0 Å². The predicted octanol–water partition coefficient (Wildman–Crippen LogP) is 3.38. The van der Waals surface area contributed by atoms with E-state index in [9.17, 15) is 14.4 Å². The molecule has 3 rings (SSSR count). The Hall–Kier alpha value is -2.75. The van der Waals surface area contributed by atoms with Crippen LogP contribution in [0, 0.1) is 0 Å². The van der Waals surface area contributed by atoms with E-state index in [1.807, 2.05) is 30.3 Å². The van der Waals surface area contributed by atoms with Gasteiger partial charge in [-0.2, -0.15) is 0 Å². The highest BCUT2D eigenvalue weighted by Crippen LogP contribution is 2.38. The molecule has 0 saturated carbocycles. The molecule has 4 heteroatoms. The highest BCUT2D eigenvalue weighted by atomic mass is 16.4. The lowest BCUT2D eigenvalue weighted by molar-refractivity contribution is -0.148. The maximum atomic E-state index is 12.4. The third-order valence-corrected chi connectivity index (χ3v) is 4.57. The lowest BCUT2D eigenvalue weighted by atomic mass is 9.76. The number of Topliss-reactive ketones (excluding diaryl/α,β-unsaturated/α-hetero) is 2. The second kappa shape index (κ2) is 6.79. The molecular weight excluding hydrogens is 304 g/mol. The Labute approximate surface area is 140 Å². The summed E-state index contributed by atoms with van der Waals surface area (Å²) in [6, 6.07) is 15.7. The Morgan fingerprint density at radius 2 is 1.75 bits per heavy atom. The molecule has 0 saturated heterocycles. The summed E-state index contributed by atoms with van der Waals surface area (Å²) in [4.78, 5) is 34.4. The molecule has 4 nitrogen and oxygen atoms in total. The summed E-state index contributed by atoms with van der Waals surface area (Å²) in [5.41, 5.74) is 3.77. The van der Waals surface area contributed by atoms with E-state index in [1.165, 1.54) is 5.56 Å². The topological polar surface area (TPSA) is 71.4 Å². The van der Waals surface area contributed by atoms with E-state index in [0.29, 0.717) is 5.56 Å². The number of carboxylic acid groups (broad SMARTS) is 1. The molecule has 0 bridgehead atoms. The number of hydrogen-bond acceptors (Lipinski definition) is 3. The number of benzene rings is 2. The molecule has 1 unspecified atom stereocenters. The van der Waals surface area contributed by atoms with E-state index >= 15 is 0 Å². The normalized spacial score (nSPS) is 16.2. The molecule has 24 heavy (non-hydrogen) atoms. The molecule has 2 aromatic rings. The molecule has 1 N–H and O–H groups in total. The number of carbonyl (C=O) groups excluding carboxylic acids is 2. The predicted molar refractivity (Wildman–Crippen MR) is 89.3 cm³/mol. The van der Waals surface area contributed by atoms with Gasteiger partial charge in [0.2, 0.25) is 5.78 Å². The van der Waals surface area contributed by atoms with Crippen LogP contribution >= 0.6 is 0 Å². The van der Waals surface area contributed by atoms with Crippen LogP contribution in [0.3, 0.4) is 0 Å². The summed E-state index contributed by atoms with van der Waals surface area (Å²) >= 11 is 0. The van der Waals surface area contributed by atoms with Crippen molar-refractivity contribution in [1.82, 2.24) is 0 Å². The van der Waals surface area contributed by atoms with Gasteiger partial charge in [-0.25, -0.2) is 4.79 Å². The molecule has 1 aliphatic rings. The summed E-state index contributed by atoms with van der Waals surface area (Å²) in [5.74, 6) is -2.80. The maximum Gasteiger partial charge on any atom is 0.372 e. The quantitative estimate of drug-likeness (QED) is 0.520. The van der Waals surface area contributed by atoms with Gasteiger partial charge < -0.3 is 5.11 Å². The number of carboxylic acids is 1. The van der Waals surface area contributed by atoms with E-state index in [1.54, 1.807) is 6.07 Å². The van der Waals surface area contributed by atoms with Crippen molar-refractivity contribution < 1.29 is 19.5 Å². The minimum atomic E-state index is -1.56. The average molecular weight is 322 g/mol. The molecule has 122 valence electrons. The summed E-state index contributed by atoms with van der Waals surface area (Å²) in [7, 11) is 0. The first-order chi connectivity index (χ1) is 11.6. The fraction of sp³-hybridized carbons (Fsp3) is 0.250. The number of aliphatic carboxylic acids is 1. The van der Waals surface area contributed by atoms with Crippen molar-refractivity contribution in [2.45, 2.75) is 31.6 Å². The minimum absolute atomic E-state index is 0.234. The average Bonchev–Trinajstić information content (AvgIpc) is 2.61. The number of rotatable bonds is 5. The van der Waals surface area contributed by atoms with Crippen molar-refractivity contribution in [3.63, 3.8) is 0 Å². The maximum absolute atomic E-state index is 12.4. The van der Waals surface area contributed by atoms with Gasteiger partial charge in [-0.3, -0.25) is 9.59 Å². The summed E-state index contributed by atoms with van der Waals surface area (Å²) in [6.07, 6.45) is 2.18. The first-order valence-electron chi connectivity index (χ1n) is 8.04. The molecule has 0 amide bonds. The molecule has 1 atom stereocenters. The van der Waals surface area contributed by atoms with E-state index in [0.717, 1.165) is 30.4 Å². The summed E-state index contributed by atoms with van der Waals surface area (Å²) < 4.78 is 0. The van der Waals surface area contributed by atoms with Gasteiger partial charge in [0.05, 0.1) is 6.42 Å². The first-order valence-corrected chi connectivity index (χ1v) is 8.04. The van der Waals surface area contributed by atoms with Crippen molar-refractivity contribution in [1.29, 1.82) is 0 Å². The minimum Gasteiger partial charge on any atom is -0.475 e. The van der Waals surface area contributed by atoms with Crippen molar-refractivity contribution in [3.05, 3.63) is 70.8 Å². The van der Waals surface area contributed by atoms with Gasteiger partial charge in [0.15, 0.2) is 5.78 Å². The van der Waals surface area contributed by atoms with Crippen LogP contribution in [-0.4, -0.2) is 22.6 Å².